The third kappa shape index (κ3) is 4.53. The number of rotatable bonds is 6. The molecule has 0 amide bonds. The summed E-state index contributed by atoms with van der Waals surface area (Å²) in [6.45, 7) is 0. The zero-order chi connectivity index (χ0) is 29.8. The predicted octanol–water partition coefficient (Wildman–Crippen LogP) is 10.7. The third-order valence-electron chi connectivity index (χ3n) is 12.7. The van der Waals surface area contributed by atoms with Crippen LogP contribution in [-0.4, -0.2) is 0 Å². The van der Waals surface area contributed by atoms with Gasteiger partial charge in [-0.3, -0.25) is 0 Å². The van der Waals surface area contributed by atoms with E-state index < -0.39 is 0 Å². The second-order valence-corrected chi connectivity index (χ2v) is 16.6. The number of nitrogens with two attached hydrogens (primary N) is 2. The van der Waals surface area contributed by atoms with Crippen LogP contribution in [0.1, 0.15) is 88.2 Å². The van der Waals surface area contributed by atoms with Crippen LogP contribution >= 0.6 is 23.2 Å². The fourth-order valence-corrected chi connectivity index (χ4v) is 12.1. The summed E-state index contributed by atoms with van der Waals surface area (Å²) in [6.07, 6.45) is 15.8. The van der Waals surface area contributed by atoms with Crippen molar-refractivity contribution in [2.24, 2.45) is 35.5 Å². The molecule has 8 bridgehead atoms. The Kier molecular flexibility index (Phi) is 6.28. The number of ether oxygens (including phenoxy) is 2. The second kappa shape index (κ2) is 9.97. The Morgan fingerprint density at radius 3 is 1.11 bits per heavy atom. The van der Waals surface area contributed by atoms with Crippen molar-refractivity contribution in [3.05, 3.63) is 69.7 Å². The van der Waals surface area contributed by atoms with Crippen molar-refractivity contribution >= 4 is 34.6 Å². The van der Waals surface area contributed by atoms with Gasteiger partial charge in [0.25, 0.3) is 0 Å². The van der Waals surface area contributed by atoms with Crippen LogP contribution in [0.15, 0.2) is 48.5 Å². The van der Waals surface area contributed by atoms with Crippen LogP contribution in [0.2, 0.25) is 10.0 Å². The van der Waals surface area contributed by atoms with Crippen molar-refractivity contribution in [1.29, 1.82) is 0 Å². The van der Waals surface area contributed by atoms with Crippen LogP contribution in [-0.2, 0) is 10.8 Å². The molecule has 8 aliphatic carbocycles. The molecule has 3 aromatic rings. The molecule has 3 aromatic carbocycles. The molecular weight excluding hydrogens is 587 g/mol. The van der Waals surface area contributed by atoms with Crippen LogP contribution in [0.4, 0.5) is 11.4 Å². The summed E-state index contributed by atoms with van der Waals surface area (Å²) in [7, 11) is 0. The molecule has 4 nitrogen and oxygen atoms in total. The number of hydrogen-bond acceptors (Lipinski definition) is 4. The van der Waals surface area contributed by atoms with Crippen molar-refractivity contribution in [2.75, 3.05) is 11.5 Å². The molecule has 6 heteroatoms. The summed E-state index contributed by atoms with van der Waals surface area (Å²) in [5.74, 6) is 8.32. The van der Waals surface area contributed by atoms with E-state index in [-0.39, 0.29) is 10.8 Å². The van der Waals surface area contributed by atoms with Crippen LogP contribution < -0.4 is 20.9 Å². The normalized spacial score (nSPS) is 36.1. The summed E-state index contributed by atoms with van der Waals surface area (Å²) < 4.78 is 13.9. The van der Waals surface area contributed by atoms with Crippen LogP contribution in [0.5, 0.6) is 23.0 Å². The molecule has 44 heavy (non-hydrogen) atoms. The van der Waals surface area contributed by atoms with E-state index in [1.165, 1.54) is 88.2 Å². The summed E-state index contributed by atoms with van der Waals surface area (Å²) in [5.41, 5.74) is 16.5. The lowest BCUT2D eigenvalue weighted by Gasteiger charge is -2.58. The highest BCUT2D eigenvalue weighted by molar-refractivity contribution is 6.33. The zero-order valence-electron chi connectivity index (χ0n) is 25.3. The van der Waals surface area contributed by atoms with Gasteiger partial charge < -0.3 is 20.9 Å². The Labute approximate surface area is 270 Å². The quantitative estimate of drug-likeness (QED) is 0.266. The molecule has 0 radical (unpaired) electrons. The number of halogens is 2. The summed E-state index contributed by atoms with van der Waals surface area (Å²) in [5, 5.41) is 1.11. The van der Waals surface area contributed by atoms with Gasteiger partial charge in [-0.25, -0.2) is 0 Å². The standard InChI is InChI=1S/C38H42Cl2N2O2/c39-31-3-1-27(11-33(31)41)43-35-13-30(38-18-24-8-25(19-38)10-26(9-24)20-38)36(44-28-2-4-32(40)34(42)12-28)14-29(35)37-15-21-5-22(16-37)7-23(6-21)17-37/h1-4,11-14,21-26H,5-10,15-20,41-42H2. The monoisotopic (exact) mass is 628 g/mol. The molecule has 8 fully saturated rings. The minimum Gasteiger partial charge on any atom is -0.457 e. The zero-order valence-corrected chi connectivity index (χ0v) is 26.8. The topological polar surface area (TPSA) is 70.5 Å². The van der Waals surface area contributed by atoms with Gasteiger partial charge in [-0.1, -0.05) is 23.2 Å². The maximum Gasteiger partial charge on any atom is 0.131 e. The van der Waals surface area contributed by atoms with E-state index in [0.717, 1.165) is 58.5 Å². The highest BCUT2D eigenvalue weighted by Gasteiger charge is 2.55. The molecular formula is C38H42Cl2N2O2. The molecule has 0 aliphatic heterocycles. The third-order valence-corrected chi connectivity index (χ3v) is 13.4. The van der Waals surface area contributed by atoms with E-state index in [9.17, 15) is 0 Å². The first-order chi connectivity index (χ1) is 21.2. The Balaban J connectivity index is 1.23. The highest BCUT2D eigenvalue weighted by atomic mass is 35.5. The minimum atomic E-state index is 0.110. The van der Waals surface area contributed by atoms with Gasteiger partial charge in [-0.2, -0.15) is 0 Å². The maximum atomic E-state index is 6.95. The van der Waals surface area contributed by atoms with E-state index in [4.69, 9.17) is 44.1 Å². The molecule has 0 spiro atoms. The number of benzene rings is 3. The molecule has 0 heterocycles. The second-order valence-electron chi connectivity index (χ2n) is 15.8. The van der Waals surface area contributed by atoms with Crippen LogP contribution in [0.3, 0.4) is 0 Å². The predicted molar refractivity (Wildman–Crippen MR) is 178 cm³/mol. The SMILES string of the molecule is Nc1cc(Oc2cc(C34CC5CC(CC(C5)C3)C4)c(Oc3ccc(Cl)c(N)c3)cc2C23CC4CC(CC(C4)C2)C3)ccc1Cl. The highest BCUT2D eigenvalue weighted by Crippen LogP contribution is 2.65. The molecule has 0 saturated heterocycles. The lowest BCUT2D eigenvalue weighted by molar-refractivity contribution is -0.00824. The van der Waals surface area contributed by atoms with Gasteiger partial charge in [0.05, 0.1) is 21.4 Å². The summed E-state index contributed by atoms with van der Waals surface area (Å²) in [4.78, 5) is 0. The van der Waals surface area contributed by atoms with Crippen LogP contribution in [0, 0.1) is 35.5 Å². The van der Waals surface area contributed by atoms with Gasteiger partial charge in [0.15, 0.2) is 0 Å². The van der Waals surface area contributed by atoms with Crippen LogP contribution in [0.25, 0.3) is 0 Å². The van der Waals surface area contributed by atoms with Gasteiger partial charge in [0, 0.05) is 23.3 Å². The van der Waals surface area contributed by atoms with E-state index in [0.29, 0.717) is 21.4 Å². The van der Waals surface area contributed by atoms with E-state index in [2.05, 4.69) is 12.1 Å². The van der Waals surface area contributed by atoms with Gasteiger partial charge >= 0.3 is 0 Å². The fourth-order valence-electron chi connectivity index (χ4n) is 11.9. The first-order valence-corrected chi connectivity index (χ1v) is 17.6. The first-order valence-electron chi connectivity index (χ1n) is 16.9. The number of nitrogen functional groups attached to an aromatic ring is 2. The van der Waals surface area contributed by atoms with Gasteiger partial charge in [0.2, 0.25) is 0 Å². The average molecular weight is 630 g/mol. The van der Waals surface area contributed by atoms with Crippen molar-refractivity contribution in [2.45, 2.75) is 87.9 Å². The molecule has 0 atom stereocenters. The van der Waals surface area contributed by atoms with Gasteiger partial charge in [-0.15, -0.1) is 0 Å². The Hall–Kier alpha value is -2.56. The molecule has 8 saturated carbocycles. The van der Waals surface area contributed by atoms with Crippen molar-refractivity contribution in [3.63, 3.8) is 0 Å². The van der Waals surface area contributed by atoms with Crippen molar-refractivity contribution in [1.82, 2.24) is 0 Å². The number of anilines is 2. The Morgan fingerprint density at radius 1 is 0.500 bits per heavy atom. The minimum absolute atomic E-state index is 0.110. The van der Waals surface area contributed by atoms with E-state index in [1.807, 2.05) is 36.4 Å². The van der Waals surface area contributed by atoms with Gasteiger partial charge in [-0.05, 0) is 160 Å². The lowest BCUT2D eigenvalue weighted by atomic mass is 9.47. The summed E-state index contributed by atoms with van der Waals surface area (Å²) in [6, 6.07) is 16.1. The molecule has 4 N–H and O–H groups in total. The summed E-state index contributed by atoms with van der Waals surface area (Å²) >= 11 is 12.7. The van der Waals surface area contributed by atoms with E-state index >= 15 is 0 Å². The largest absolute Gasteiger partial charge is 0.457 e. The molecule has 0 unspecified atom stereocenters. The number of hydrogen-bond donors (Lipinski definition) is 2. The first kappa shape index (κ1) is 27.7. The average Bonchev–Trinajstić information content (AvgIpc) is 2.96. The molecule has 230 valence electrons. The van der Waals surface area contributed by atoms with E-state index in [1.54, 1.807) is 0 Å². The van der Waals surface area contributed by atoms with Crippen molar-refractivity contribution < 1.29 is 9.47 Å². The Bertz CT molecular complexity index is 1460. The molecule has 0 aromatic heterocycles. The smallest absolute Gasteiger partial charge is 0.131 e. The molecule has 11 rings (SSSR count). The van der Waals surface area contributed by atoms with Gasteiger partial charge in [0.1, 0.15) is 23.0 Å². The Morgan fingerprint density at radius 2 is 0.818 bits per heavy atom. The lowest BCUT2D eigenvalue weighted by Crippen LogP contribution is -2.49. The maximum absolute atomic E-state index is 6.95. The molecule has 8 aliphatic rings. The van der Waals surface area contributed by atoms with Crippen molar-refractivity contribution in [3.8, 4) is 23.0 Å². The fraction of sp³-hybridized carbons (Fsp3) is 0.526.